The van der Waals surface area contributed by atoms with Gasteiger partial charge in [-0.05, 0) is 55.9 Å². The van der Waals surface area contributed by atoms with Gasteiger partial charge in [0.1, 0.15) is 11.2 Å². The quantitative estimate of drug-likeness (QED) is 0.101. The zero-order valence-corrected chi connectivity index (χ0v) is 33.0. The molecule has 5 aromatic rings. The Morgan fingerprint density at radius 2 is 1.60 bits per heavy atom. The standard InChI is InChI=1S/C30H28NO.C13H24O2.Ir/c1-16-8-10-19-18(14-16)9-11-20-25(19)30(6,7)21-12-13-22(29(3,4)5)28-23(21)24-26(20)31-15-17(2)27(24)32-28;1-5-10(6-2)12(14)9-13(15)11(7-3)8-4;/h8-10,12-15H,1-7H3;9-11,14H,5-8H2,1-4H3;/q-1;;/b;12-9-;. The molecule has 1 aliphatic carbocycles. The van der Waals surface area contributed by atoms with E-state index in [9.17, 15) is 9.90 Å². The molecule has 0 unspecified atom stereocenters. The van der Waals surface area contributed by atoms with Gasteiger partial charge in [-0.1, -0.05) is 109 Å². The molecule has 0 amide bonds. The number of hydrogen-bond donors (Lipinski definition) is 1. The molecule has 0 bridgehead atoms. The number of carbonyl (C=O) groups is 1. The zero-order chi connectivity index (χ0) is 34.4. The van der Waals surface area contributed by atoms with Gasteiger partial charge in [0.2, 0.25) is 0 Å². The van der Waals surface area contributed by atoms with Gasteiger partial charge in [-0.15, -0.1) is 23.3 Å². The number of fused-ring (bicyclic) bond motifs is 4. The molecule has 1 aliphatic rings. The van der Waals surface area contributed by atoms with Crippen molar-refractivity contribution in [3.63, 3.8) is 0 Å². The van der Waals surface area contributed by atoms with Gasteiger partial charge in [-0.2, -0.15) is 0 Å². The number of hydrogen-bond acceptors (Lipinski definition) is 4. The van der Waals surface area contributed by atoms with Crippen LogP contribution in [0.5, 0.6) is 0 Å². The van der Waals surface area contributed by atoms with Crippen molar-refractivity contribution in [1.82, 2.24) is 4.98 Å². The molecule has 0 aliphatic heterocycles. The molecule has 0 saturated heterocycles. The van der Waals surface area contributed by atoms with E-state index >= 15 is 0 Å². The first-order chi connectivity index (χ1) is 22.2. The number of aliphatic hydroxyl groups excluding tert-OH is 1. The smallest absolute Gasteiger partial charge is 0.162 e. The summed E-state index contributed by atoms with van der Waals surface area (Å²) in [6.07, 6.45) is 6.86. The summed E-state index contributed by atoms with van der Waals surface area (Å²) in [5.74, 6) is 0.547. The second kappa shape index (κ2) is 14.3. The third-order valence-electron chi connectivity index (χ3n) is 10.3. The van der Waals surface area contributed by atoms with Gasteiger partial charge in [0.05, 0.1) is 5.76 Å². The van der Waals surface area contributed by atoms with E-state index in [1.807, 2.05) is 33.9 Å². The van der Waals surface area contributed by atoms with Crippen LogP contribution in [0.3, 0.4) is 0 Å². The summed E-state index contributed by atoms with van der Waals surface area (Å²) in [6.45, 7) is 23.7. The van der Waals surface area contributed by atoms with Crippen molar-refractivity contribution in [2.24, 2.45) is 11.8 Å². The van der Waals surface area contributed by atoms with Crippen LogP contribution in [0.1, 0.15) is 116 Å². The van der Waals surface area contributed by atoms with E-state index in [4.69, 9.17) is 9.40 Å². The third kappa shape index (κ3) is 6.53. The maximum absolute atomic E-state index is 11.7. The monoisotopic (exact) mass is 823 g/mol. The van der Waals surface area contributed by atoms with Crippen LogP contribution in [0, 0.1) is 31.7 Å². The van der Waals surface area contributed by atoms with Gasteiger partial charge in [-0.3, -0.25) is 4.79 Å². The summed E-state index contributed by atoms with van der Waals surface area (Å²) in [7, 11) is 0. The van der Waals surface area contributed by atoms with Crippen molar-refractivity contribution >= 4 is 38.5 Å². The number of ketones is 1. The molecular weight excluding hydrogens is 771 g/mol. The molecule has 2 heterocycles. The molecule has 2 aromatic heterocycles. The Hall–Kier alpha value is -3.27. The summed E-state index contributed by atoms with van der Waals surface area (Å²) in [4.78, 5) is 16.7. The van der Waals surface area contributed by atoms with Crippen LogP contribution in [0.4, 0.5) is 0 Å². The number of aryl methyl sites for hydroxylation is 2. The van der Waals surface area contributed by atoms with Gasteiger partial charge in [0, 0.05) is 71.8 Å². The van der Waals surface area contributed by atoms with Crippen molar-refractivity contribution in [2.75, 3.05) is 0 Å². The first-order valence-corrected chi connectivity index (χ1v) is 17.4. The molecular formula is C43H52IrNO3-. The number of aliphatic hydroxyl groups is 1. The van der Waals surface area contributed by atoms with E-state index in [1.54, 1.807) is 0 Å². The molecule has 1 radical (unpaired) electrons. The Morgan fingerprint density at radius 1 is 0.958 bits per heavy atom. The summed E-state index contributed by atoms with van der Waals surface area (Å²) >= 11 is 0. The first kappa shape index (κ1) is 37.5. The first-order valence-electron chi connectivity index (χ1n) is 17.4. The summed E-state index contributed by atoms with van der Waals surface area (Å²) in [6, 6.07) is 17.1. The van der Waals surface area contributed by atoms with E-state index in [0.717, 1.165) is 59.1 Å². The number of benzene rings is 3. The van der Waals surface area contributed by atoms with Gasteiger partial charge < -0.3 is 14.5 Å². The summed E-state index contributed by atoms with van der Waals surface area (Å²) in [5.41, 5.74) is 9.95. The fourth-order valence-corrected chi connectivity index (χ4v) is 7.43. The van der Waals surface area contributed by atoms with Crippen LogP contribution in [0.2, 0.25) is 0 Å². The SMILES string of the molecule is CCC(CC)C(=O)/C=C(\O)C(CC)CC.Cc1ccc2c3c([c-]cc2c1)-c1ncc(C)c2oc4c(C(C)(C)C)ccc(c4c12)C3(C)C.[Ir]. The third-order valence-corrected chi connectivity index (χ3v) is 10.3. The van der Waals surface area contributed by atoms with Gasteiger partial charge in [-0.25, -0.2) is 0 Å². The van der Waals surface area contributed by atoms with E-state index in [0.29, 0.717) is 0 Å². The number of allylic oxidation sites excluding steroid dienone is 2. The van der Waals surface area contributed by atoms with Crippen molar-refractivity contribution < 1.29 is 34.4 Å². The van der Waals surface area contributed by atoms with Crippen molar-refractivity contribution in [3.8, 4) is 11.3 Å². The minimum absolute atomic E-state index is 0. The van der Waals surface area contributed by atoms with Gasteiger partial charge in [0.15, 0.2) is 5.78 Å². The van der Waals surface area contributed by atoms with Crippen molar-refractivity contribution in [1.29, 1.82) is 0 Å². The summed E-state index contributed by atoms with van der Waals surface area (Å²) in [5, 5.41) is 14.6. The second-order valence-corrected chi connectivity index (χ2v) is 15.0. The normalized spacial score (nSPS) is 13.9. The van der Waals surface area contributed by atoms with E-state index in [-0.39, 0.29) is 54.3 Å². The maximum Gasteiger partial charge on any atom is 0.162 e. The van der Waals surface area contributed by atoms with Crippen LogP contribution >= 0.6 is 0 Å². The fraction of sp³-hybridized carbons (Fsp3) is 0.442. The number of nitrogens with zero attached hydrogens (tertiary/aromatic N) is 1. The van der Waals surface area contributed by atoms with Crippen LogP contribution in [0.15, 0.2) is 58.8 Å². The van der Waals surface area contributed by atoms with E-state index < -0.39 is 0 Å². The van der Waals surface area contributed by atoms with Crippen molar-refractivity contribution in [2.45, 2.75) is 113 Å². The minimum atomic E-state index is -0.235. The molecule has 5 heteroatoms. The van der Waals surface area contributed by atoms with Crippen LogP contribution < -0.4 is 0 Å². The molecule has 1 N–H and O–H groups in total. The average Bonchev–Trinajstić information content (AvgIpc) is 3.39. The molecule has 257 valence electrons. The van der Waals surface area contributed by atoms with Crippen LogP contribution in [0.25, 0.3) is 44.0 Å². The molecule has 4 nitrogen and oxygen atoms in total. The van der Waals surface area contributed by atoms with Gasteiger partial charge >= 0.3 is 0 Å². The van der Waals surface area contributed by atoms with Crippen molar-refractivity contribution in [3.05, 3.63) is 88.3 Å². The van der Waals surface area contributed by atoms with Crippen LogP contribution in [-0.4, -0.2) is 15.9 Å². The average molecular weight is 823 g/mol. The molecule has 0 atom stereocenters. The molecule has 3 aromatic carbocycles. The molecule has 0 saturated carbocycles. The number of furan rings is 1. The van der Waals surface area contributed by atoms with E-state index in [1.165, 1.54) is 44.5 Å². The Morgan fingerprint density at radius 3 is 2.21 bits per heavy atom. The largest absolute Gasteiger partial charge is 0.512 e. The number of pyridine rings is 1. The Kier molecular flexibility index (Phi) is 11.2. The number of aromatic nitrogens is 1. The molecule has 0 fully saturated rings. The topological polar surface area (TPSA) is 63.3 Å². The fourth-order valence-electron chi connectivity index (χ4n) is 7.43. The Labute approximate surface area is 300 Å². The Bertz CT molecular complexity index is 2000. The van der Waals surface area contributed by atoms with E-state index in [2.05, 4.69) is 90.9 Å². The predicted octanol–water partition coefficient (Wildman–Crippen LogP) is 12.0. The predicted molar refractivity (Wildman–Crippen MR) is 197 cm³/mol. The van der Waals surface area contributed by atoms with Gasteiger partial charge in [0.25, 0.3) is 0 Å². The Balaban J connectivity index is 0.000000279. The molecule has 48 heavy (non-hydrogen) atoms. The van der Waals surface area contributed by atoms with Crippen LogP contribution in [-0.2, 0) is 35.7 Å². The maximum atomic E-state index is 11.7. The minimum Gasteiger partial charge on any atom is -0.512 e. The number of carbonyl (C=O) groups excluding carboxylic acids is 1. The second-order valence-electron chi connectivity index (χ2n) is 15.0. The summed E-state index contributed by atoms with van der Waals surface area (Å²) < 4.78 is 6.66. The zero-order valence-electron chi connectivity index (χ0n) is 30.6. The molecule has 0 spiro atoms. The molecule has 6 rings (SSSR count). The number of rotatable bonds is 7.